The van der Waals surface area contributed by atoms with Gasteiger partial charge in [-0.15, -0.1) is 11.8 Å². The van der Waals surface area contributed by atoms with Crippen molar-refractivity contribution in [1.29, 1.82) is 0 Å². The van der Waals surface area contributed by atoms with E-state index in [1.165, 1.54) is 0 Å². The number of carbonyl (C=O) groups is 1. The van der Waals surface area contributed by atoms with Crippen molar-refractivity contribution in [2.75, 3.05) is 12.8 Å². The van der Waals surface area contributed by atoms with Crippen molar-refractivity contribution >= 4 is 23.2 Å². The van der Waals surface area contributed by atoms with E-state index in [9.17, 15) is 4.79 Å². The lowest BCUT2D eigenvalue weighted by Crippen LogP contribution is -2.07. The van der Waals surface area contributed by atoms with Crippen molar-refractivity contribution in [1.82, 2.24) is 0 Å². The molecule has 0 fully saturated rings. The second kappa shape index (κ2) is 8.59. The zero-order valence-electron chi connectivity index (χ0n) is 14.6. The Morgan fingerprint density at radius 1 is 0.962 bits per heavy atom. The molecule has 0 amide bonds. The van der Waals surface area contributed by atoms with Gasteiger partial charge in [-0.1, -0.05) is 60.7 Å². The van der Waals surface area contributed by atoms with Crippen LogP contribution in [0.1, 0.15) is 27.6 Å². The van der Waals surface area contributed by atoms with Crippen LogP contribution in [0.25, 0.3) is 0 Å². The summed E-state index contributed by atoms with van der Waals surface area (Å²) in [7, 11) is 1.65. The van der Waals surface area contributed by atoms with Crippen LogP contribution in [0, 0.1) is 0 Å². The summed E-state index contributed by atoms with van der Waals surface area (Å²) in [5.41, 5.74) is 8.54. The van der Waals surface area contributed by atoms with Crippen LogP contribution >= 0.6 is 11.8 Å². The van der Waals surface area contributed by atoms with Crippen molar-refractivity contribution in [2.24, 2.45) is 0 Å². The van der Waals surface area contributed by atoms with Gasteiger partial charge in [0, 0.05) is 33.4 Å². The van der Waals surface area contributed by atoms with Crippen LogP contribution in [0.2, 0.25) is 0 Å². The molecule has 3 nitrogen and oxygen atoms in total. The lowest BCUT2D eigenvalue weighted by molar-refractivity contribution is 0.0982. The van der Waals surface area contributed by atoms with Crippen LogP contribution in [0.3, 0.4) is 0 Å². The monoisotopic (exact) mass is 363 g/mol. The molecule has 3 aromatic rings. The Kier molecular flexibility index (Phi) is 5.97. The summed E-state index contributed by atoms with van der Waals surface area (Å²) < 4.78 is 5.53. The fourth-order valence-electron chi connectivity index (χ4n) is 2.80. The van der Waals surface area contributed by atoms with Crippen LogP contribution < -0.4 is 10.5 Å². The second-order valence-corrected chi connectivity index (χ2v) is 7.12. The number of rotatable bonds is 7. The van der Waals surface area contributed by atoms with E-state index >= 15 is 0 Å². The van der Waals surface area contributed by atoms with Crippen molar-refractivity contribution in [3.8, 4) is 5.75 Å². The Hall–Kier alpha value is -2.72. The van der Waals surface area contributed by atoms with Gasteiger partial charge in [0.25, 0.3) is 0 Å². The third-order valence-electron chi connectivity index (χ3n) is 4.14. The van der Waals surface area contributed by atoms with Gasteiger partial charge < -0.3 is 10.5 Å². The second-order valence-electron chi connectivity index (χ2n) is 5.88. The first-order chi connectivity index (χ1) is 12.7. The number of ether oxygens (including phenoxy) is 1. The first kappa shape index (κ1) is 18.1. The van der Waals surface area contributed by atoms with Gasteiger partial charge in [0.2, 0.25) is 0 Å². The average Bonchev–Trinajstić information content (AvgIpc) is 2.69. The molecule has 0 aliphatic heterocycles. The van der Waals surface area contributed by atoms with E-state index in [1.807, 2.05) is 78.9 Å². The van der Waals surface area contributed by atoms with Gasteiger partial charge in [0.05, 0.1) is 7.11 Å². The summed E-state index contributed by atoms with van der Waals surface area (Å²) in [6.45, 7) is 0. The topological polar surface area (TPSA) is 52.3 Å². The predicted octanol–water partition coefficient (Wildman–Crippen LogP) is 5.38. The molecule has 3 aromatic carbocycles. The van der Waals surface area contributed by atoms with Gasteiger partial charge in [-0.2, -0.15) is 0 Å². The molecule has 0 aliphatic rings. The fourth-order valence-corrected chi connectivity index (χ4v) is 4.02. The SMILES string of the molecule is COc1ccccc1[C@@H](CC(=O)c1ccccc1)Sc1ccccc1N. The number of benzene rings is 3. The zero-order valence-corrected chi connectivity index (χ0v) is 15.4. The van der Waals surface area contributed by atoms with E-state index in [0.29, 0.717) is 17.7 Å². The molecule has 2 N–H and O–H groups in total. The molecule has 0 spiro atoms. The van der Waals surface area contributed by atoms with E-state index in [-0.39, 0.29) is 11.0 Å². The highest BCUT2D eigenvalue weighted by atomic mass is 32.2. The van der Waals surface area contributed by atoms with E-state index in [0.717, 1.165) is 16.2 Å². The first-order valence-corrected chi connectivity index (χ1v) is 9.29. The molecule has 0 aliphatic carbocycles. The number of hydrogen-bond donors (Lipinski definition) is 1. The number of ketones is 1. The van der Waals surface area contributed by atoms with Crippen molar-refractivity contribution < 1.29 is 9.53 Å². The molecule has 0 saturated carbocycles. The molecule has 4 heteroatoms. The van der Waals surface area contributed by atoms with Gasteiger partial charge in [0.1, 0.15) is 5.75 Å². The van der Waals surface area contributed by atoms with Crippen LogP contribution in [-0.2, 0) is 0 Å². The third-order valence-corrected chi connectivity index (χ3v) is 5.47. The molecule has 0 heterocycles. The normalized spacial score (nSPS) is 11.7. The number of thioether (sulfide) groups is 1. The molecule has 0 radical (unpaired) electrons. The standard InChI is InChI=1S/C22H21NO2S/c1-25-20-13-7-5-11-17(20)22(26-21-14-8-6-12-18(21)23)15-19(24)16-9-3-2-4-10-16/h2-14,22H,15,23H2,1H3/t22-/m1/s1. The van der Waals surface area contributed by atoms with Crippen LogP contribution in [0.5, 0.6) is 5.75 Å². The summed E-state index contributed by atoms with van der Waals surface area (Å²) in [5, 5.41) is -0.0939. The summed E-state index contributed by atoms with van der Waals surface area (Å²) >= 11 is 1.60. The Morgan fingerprint density at radius 3 is 2.35 bits per heavy atom. The maximum absolute atomic E-state index is 12.8. The smallest absolute Gasteiger partial charge is 0.164 e. The van der Waals surface area contributed by atoms with Crippen molar-refractivity contribution in [3.63, 3.8) is 0 Å². The molecule has 0 unspecified atom stereocenters. The van der Waals surface area contributed by atoms with Crippen molar-refractivity contribution in [2.45, 2.75) is 16.6 Å². The van der Waals surface area contributed by atoms with Gasteiger partial charge in [-0.25, -0.2) is 0 Å². The molecule has 26 heavy (non-hydrogen) atoms. The number of carbonyl (C=O) groups excluding carboxylic acids is 1. The Bertz CT molecular complexity index is 880. The number of nitrogens with two attached hydrogens (primary N) is 1. The number of anilines is 1. The third kappa shape index (κ3) is 4.27. The van der Waals surface area contributed by atoms with E-state index in [4.69, 9.17) is 10.5 Å². The molecular weight excluding hydrogens is 342 g/mol. The molecule has 0 aromatic heterocycles. The number of methoxy groups -OCH3 is 1. The first-order valence-electron chi connectivity index (χ1n) is 8.41. The highest BCUT2D eigenvalue weighted by molar-refractivity contribution is 7.99. The van der Waals surface area contributed by atoms with Crippen LogP contribution in [-0.4, -0.2) is 12.9 Å². The highest BCUT2D eigenvalue weighted by Gasteiger charge is 2.22. The number of hydrogen-bond acceptors (Lipinski definition) is 4. The van der Waals surface area contributed by atoms with Gasteiger partial charge in [0.15, 0.2) is 5.78 Å². The predicted molar refractivity (Wildman–Crippen MR) is 108 cm³/mol. The molecule has 0 bridgehead atoms. The molecule has 0 saturated heterocycles. The number of nitrogen functional groups attached to an aromatic ring is 1. The summed E-state index contributed by atoms with van der Waals surface area (Å²) in [5.74, 6) is 0.879. The molecule has 132 valence electrons. The zero-order chi connectivity index (χ0) is 18.4. The van der Waals surface area contributed by atoms with Crippen LogP contribution in [0.4, 0.5) is 5.69 Å². The molecular formula is C22H21NO2S. The Balaban J connectivity index is 1.93. The van der Waals surface area contributed by atoms with Crippen molar-refractivity contribution in [3.05, 3.63) is 90.0 Å². The Morgan fingerprint density at radius 2 is 1.62 bits per heavy atom. The van der Waals surface area contributed by atoms with Gasteiger partial charge in [-0.3, -0.25) is 4.79 Å². The number of para-hydroxylation sites is 2. The lowest BCUT2D eigenvalue weighted by atomic mass is 10.0. The van der Waals surface area contributed by atoms with Gasteiger partial charge in [-0.05, 0) is 18.2 Å². The lowest BCUT2D eigenvalue weighted by Gasteiger charge is -2.20. The number of Topliss-reactive ketones (excluding diaryl/α,β-unsaturated/α-hetero) is 1. The molecule has 3 rings (SSSR count). The van der Waals surface area contributed by atoms with E-state index in [2.05, 4.69) is 0 Å². The molecule has 1 atom stereocenters. The summed E-state index contributed by atoms with van der Waals surface area (Å²) in [6, 6.07) is 24.9. The fraction of sp³-hybridized carbons (Fsp3) is 0.136. The Labute approximate surface area is 158 Å². The highest BCUT2D eigenvalue weighted by Crippen LogP contribution is 2.43. The minimum Gasteiger partial charge on any atom is -0.496 e. The minimum absolute atomic E-state index is 0.0939. The summed E-state index contributed by atoms with van der Waals surface area (Å²) in [4.78, 5) is 13.8. The van der Waals surface area contributed by atoms with E-state index < -0.39 is 0 Å². The maximum Gasteiger partial charge on any atom is 0.164 e. The van der Waals surface area contributed by atoms with E-state index in [1.54, 1.807) is 18.9 Å². The largest absolute Gasteiger partial charge is 0.496 e. The maximum atomic E-state index is 12.8. The average molecular weight is 363 g/mol. The van der Waals surface area contributed by atoms with Crippen LogP contribution in [0.15, 0.2) is 83.8 Å². The quantitative estimate of drug-likeness (QED) is 0.348. The minimum atomic E-state index is -0.0939. The summed E-state index contributed by atoms with van der Waals surface area (Å²) in [6.07, 6.45) is 0.364. The van der Waals surface area contributed by atoms with Gasteiger partial charge >= 0.3 is 0 Å².